The number of unbranched alkanes of at least 4 members (excludes halogenated alkanes) is 11. The number of cyclic esters (lactones) is 1. The van der Waals surface area contributed by atoms with E-state index < -0.39 is 18.3 Å². The van der Waals surface area contributed by atoms with Crippen LogP contribution in [0.15, 0.2) is 11.6 Å². The Hall–Kier alpha value is -1.03. The average molecular weight is 639 g/mol. The number of aliphatic hydroxyl groups excluding tert-OH is 4. The standard InChI is InChI=1S/C37H66O8/c1-3-4-5-10-13-16-29(38)19-20-32(41)34-22-24-36(45-34)35-23-21-33(44-35)31(40)18-15-12-9-7-6-8-11-14-17-30(39)26-28-25-27(2)43-37(28)42/h25,27,29-36,38-41H,3-24,26H2,1-2H3/t27-,29-,30?,31+,32-,33+,34+,35+,36+/m0/s1. The van der Waals surface area contributed by atoms with Gasteiger partial charge in [0.15, 0.2) is 0 Å². The van der Waals surface area contributed by atoms with Crippen molar-refractivity contribution in [3.8, 4) is 0 Å². The van der Waals surface area contributed by atoms with E-state index in [0.717, 1.165) is 83.5 Å². The number of carbonyl (C=O) groups excluding carboxylic acids is 1. The largest absolute Gasteiger partial charge is 0.455 e. The Kier molecular flexibility index (Phi) is 18.6. The van der Waals surface area contributed by atoms with Crippen LogP contribution in [0.4, 0.5) is 0 Å². The predicted molar refractivity (Wildman–Crippen MR) is 177 cm³/mol. The van der Waals surface area contributed by atoms with Gasteiger partial charge in [-0.25, -0.2) is 4.79 Å². The van der Waals surface area contributed by atoms with E-state index in [-0.39, 0.29) is 42.6 Å². The molecule has 0 spiro atoms. The highest BCUT2D eigenvalue weighted by Crippen LogP contribution is 2.34. The van der Waals surface area contributed by atoms with Gasteiger partial charge in [0.1, 0.15) is 6.10 Å². The Bertz CT molecular complexity index is 833. The molecule has 3 aliphatic heterocycles. The molecular weight excluding hydrogens is 572 g/mol. The van der Waals surface area contributed by atoms with Crippen LogP contribution >= 0.6 is 0 Å². The first-order valence-electron chi connectivity index (χ1n) is 18.7. The molecule has 1 unspecified atom stereocenters. The van der Waals surface area contributed by atoms with Crippen molar-refractivity contribution in [3.63, 3.8) is 0 Å². The Morgan fingerprint density at radius 2 is 1.13 bits per heavy atom. The van der Waals surface area contributed by atoms with Gasteiger partial charge in [0, 0.05) is 12.0 Å². The number of rotatable bonds is 25. The molecule has 3 aliphatic rings. The van der Waals surface area contributed by atoms with Crippen LogP contribution in [0.1, 0.15) is 162 Å². The highest BCUT2D eigenvalue weighted by Gasteiger charge is 2.40. The van der Waals surface area contributed by atoms with Crippen molar-refractivity contribution in [2.75, 3.05) is 0 Å². The van der Waals surface area contributed by atoms with E-state index in [4.69, 9.17) is 14.2 Å². The molecular formula is C37H66O8. The first-order chi connectivity index (χ1) is 21.8. The first-order valence-corrected chi connectivity index (χ1v) is 18.7. The van der Waals surface area contributed by atoms with Gasteiger partial charge in [0.05, 0.1) is 48.8 Å². The molecule has 0 amide bonds. The molecule has 8 heteroatoms. The zero-order valence-electron chi connectivity index (χ0n) is 28.5. The molecule has 0 aliphatic carbocycles. The number of hydrogen-bond acceptors (Lipinski definition) is 8. The van der Waals surface area contributed by atoms with E-state index in [0.29, 0.717) is 24.8 Å². The van der Waals surface area contributed by atoms with Crippen molar-refractivity contribution >= 4 is 5.97 Å². The lowest BCUT2D eigenvalue weighted by Crippen LogP contribution is -2.33. The molecule has 0 saturated carbocycles. The van der Waals surface area contributed by atoms with Crippen molar-refractivity contribution in [1.29, 1.82) is 0 Å². The van der Waals surface area contributed by atoms with Gasteiger partial charge >= 0.3 is 5.97 Å². The van der Waals surface area contributed by atoms with Crippen LogP contribution in [0.25, 0.3) is 0 Å². The van der Waals surface area contributed by atoms with E-state index in [1.165, 1.54) is 44.9 Å². The van der Waals surface area contributed by atoms with Crippen LogP contribution in [0, 0.1) is 0 Å². The Morgan fingerprint density at radius 3 is 1.67 bits per heavy atom. The summed E-state index contributed by atoms with van der Waals surface area (Å²) in [5.74, 6) is -0.287. The molecule has 8 nitrogen and oxygen atoms in total. The van der Waals surface area contributed by atoms with Crippen molar-refractivity contribution in [3.05, 3.63) is 11.6 Å². The topological polar surface area (TPSA) is 126 Å². The smallest absolute Gasteiger partial charge is 0.334 e. The highest BCUT2D eigenvalue weighted by molar-refractivity contribution is 5.90. The fraction of sp³-hybridized carbons (Fsp3) is 0.919. The van der Waals surface area contributed by atoms with Crippen molar-refractivity contribution in [2.24, 2.45) is 0 Å². The van der Waals surface area contributed by atoms with E-state index in [9.17, 15) is 25.2 Å². The quantitative estimate of drug-likeness (QED) is 0.0634. The fourth-order valence-corrected chi connectivity index (χ4v) is 7.29. The summed E-state index contributed by atoms with van der Waals surface area (Å²) in [6.07, 6.45) is 21.8. The second kappa shape index (κ2) is 21.8. The third kappa shape index (κ3) is 14.7. The van der Waals surface area contributed by atoms with Gasteiger partial charge in [-0.3, -0.25) is 0 Å². The molecule has 45 heavy (non-hydrogen) atoms. The number of aliphatic hydroxyl groups is 4. The lowest BCUT2D eigenvalue weighted by Gasteiger charge is -2.24. The molecule has 262 valence electrons. The molecule has 2 saturated heterocycles. The zero-order valence-corrected chi connectivity index (χ0v) is 28.5. The van der Waals surface area contributed by atoms with Gasteiger partial charge in [0.2, 0.25) is 0 Å². The molecule has 0 radical (unpaired) electrons. The highest BCUT2D eigenvalue weighted by atomic mass is 16.6. The van der Waals surface area contributed by atoms with E-state index in [1.54, 1.807) is 0 Å². The van der Waals surface area contributed by atoms with E-state index in [1.807, 2.05) is 13.0 Å². The van der Waals surface area contributed by atoms with Gasteiger partial charge in [-0.1, -0.05) is 90.4 Å². The monoisotopic (exact) mass is 638 g/mol. The third-order valence-corrected chi connectivity index (χ3v) is 10.1. The summed E-state index contributed by atoms with van der Waals surface area (Å²) in [7, 11) is 0. The number of esters is 1. The molecule has 4 N–H and O–H groups in total. The predicted octanol–water partition coefficient (Wildman–Crippen LogP) is 6.83. The van der Waals surface area contributed by atoms with Gasteiger partial charge in [-0.15, -0.1) is 0 Å². The van der Waals surface area contributed by atoms with Crippen LogP contribution < -0.4 is 0 Å². The molecule has 0 aromatic carbocycles. The zero-order chi connectivity index (χ0) is 32.4. The second-order valence-corrected chi connectivity index (χ2v) is 14.2. The minimum Gasteiger partial charge on any atom is -0.455 e. The van der Waals surface area contributed by atoms with E-state index in [2.05, 4.69) is 6.92 Å². The van der Waals surface area contributed by atoms with E-state index >= 15 is 0 Å². The summed E-state index contributed by atoms with van der Waals surface area (Å²) in [5.41, 5.74) is 0.610. The van der Waals surface area contributed by atoms with Crippen molar-refractivity contribution < 1.29 is 39.4 Å². The SMILES string of the molecule is CCCCCCC[C@H](O)CC[C@H](O)[C@H]1CC[C@H]([C@H]2CC[C@H]([C@H](O)CCCCCCCCCCC(O)CC3=C[C@H](C)OC3=O)O2)O1. The summed E-state index contributed by atoms with van der Waals surface area (Å²) in [4.78, 5) is 11.7. The summed E-state index contributed by atoms with van der Waals surface area (Å²) in [5, 5.41) is 41.9. The molecule has 0 bridgehead atoms. The van der Waals surface area contributed by atoms with Crippen molar-refractivity contribution in [1.82, 2.24) is 0 Å². The third-order valence-electron chi connectivity index (χ3n) is 10.1. The molecule has 9 atom stereocenters. The normalized spacial score (nSPS) is 27.8. The lowest BCUT2D eigenvalue weighted by atomic mass is 9.99. The maximum Gasteiger partial charge on any atom is 0.334 e. The van der Waals surface area contributed by atoms with Crippen molar-refractivity contribution in [2.45, 2.75) is 216 Å². The first kappa shape index (κ1) is 38.4. The van der Waals surface area contributed by atoms with Crippen LogP contribution in [0.2, 0.25) is 0 Å². The number of carbonyl (C=O) groups is 1. The minimum atomic E-state index is -0.544. The van der Waals surface area contributed by atoms with Gasteiger partial charge < -0.3 is 34.6 Å². The Morgan fingerprint density at radius 1 is 0.644 bits per heavy atom. The van der Waals surface area contributed by atoms with Crippen LogP contribution in [-0.2, 0) is 19.0 Å². The Labute approximate surface area is 273 Å². The summed E-state index contributed by atoms with van der Waals surface area (Å²) < 4.78 is 17.6. The molecule has 0 aromatic rings. The van der Waals surface area contributed by atoms with Crippen LogP contribution in [0.5, 0.6) is 0 Å². The number of hydrogen-bond donors (Lipinski definition) is 4. The van der Waals surface area contributed by atoms with Crippen LogP contribution in [0.3, 0.4) is 0 Å². The lowest BCUT2D eigenvalue weighted by molar-refractivity contribution is -0.139. The fourth-order valence-electron chi connectivity index (χ4n) is 7.29. The maximum atomic E-state index is 11.7. The van der Waals surface area contributed by atoms with Crippen LogP contribution in [-0.4, -0.2) is 81.3 Å². The Balaban J connectivity index is 1.15. The number of ether oxygens (including phenoxy) is 3. The second-order valence-electron chi connectivity index (χ2n) is 14.2. The summed E-state index contributed by atoms with van der Waals surface area (Å²) >= 11 is 0. The van der Waals surface area contributed by atoms with Gasteiger partial charge in [-0.05, 0) is 70.8 Å². The molecule has 2 fully saturated rings. The van der Waals surface area contributed by atoms with Gasteiger partial charge in [-0.2, -0.15) is 0 Å². The minimum absolute atomic E-state index is 0.00308. The maximum absolute atomic E-state index is 11.7. The summed E-state index contributed by atoms with van der Waals surface area (Å²) in [6.45, 7) is 4.04. The van der Waals surface area contributed by atoms with Gasteiger partial charge in [0.25, 0.3) is 0 Å². The molecule has 0 aromatic heterocycles. The summed E-state index contributed by atoms with van der Waals surface area (Å²) in [6, 6.07) is 0. The average Bonchev–Trinajstić information content (AvgIpc) is 3.77. The molecule has 3 rings (SSSR count). The molecule has 3 heterocycles.